The number of carbonyl (C=O) groups excluding carboxylic acids is 1. The van der Waals surface area contributed by atoms with Gasteiger partial charge in [-0.15, -0.1) is 0 Å². The Balaban J connectivity index is 1.88. The van der Waals surface area contributed by atoms with Gasteiger partial charge in [-0.3, -0.25) is 9.78 Å². The highest BCUT2D eigenvalue weighted by Gasteiger charge is 2.35. The lowest BCUT2D eigenvalue weighted by Crippen LogP contribution is -2.40. The lowest BCUT2D eigenvalue weighted by molar-refractivity contribution is 0.0665. The van der Waals surface area contributed by atoms with Crippen molar-refractivity contribution in [3.63, 3.8) is 0 Å². The van der Waals surface area contributed by atoms with Crippen LogP contribution in [0.2, 0.25) is 0 Å². The molecular weight excluding hydrogens is 316 g/mol. The first-order chi connectivity index (χ1) is 10.9. The Hall–Kier alpha value is -2.15. The molecule has 0 N–H and O–H groups in total. The number of hydrogen-bond acceptors (Lipinski definition) is 5. The molecule has 1 aliphatic heterocycles. The Labute approximate surface area is 135 Å². The highest BCUT2D eigenvalue weighted by Crippen LogP contribution is 2.22. The van der Waals surface area contributed by atoms with Crippen molar-refractivity contribution in [1.29, 1.82) is 0 Å². The molecule has 6 nitrogen and oxygen atoms in total. The maximum Gasteiger partial charge on any atom is 0.256 e. The predicted octanol–water partition coefficient (Wildman–Crippen LogP) is 1.81. The molecule has 122 valence electrons. The van der Waals surface area contributed by atoms with Crippen LogP contribution in [0.15, 0.2) is 41.1 Å². The Morgan fingerprint density at radius 3 is 2.78 bits per heavy atom. The van der Waals surface area contributed by atoms with Gasteiger partial charge in [0.2, 0.25) is 0 Å². The summed E-state index contributed by atoms with van der Waals surface area (Å²) in [5.41, 5.74) is 1.27. The third-order valence-corrected chi connectivity index (χ3v) is 5.72. The first-order valence-electron chi connectivity index (χ1n) is 7.41. The van der Waals surface area contributed by atoms with Gasteiger partial charge in [-0.1, -0.05) is 0 Å². The molecular formula is C16H18N2O4S. The number of aryl methyl sites for hydroxylation is 1. The van der Waals surface area contributed by atoms with E-state index in [0.29, 0.717) is 17.7 Å². The minimum Gasteiger partial charge on any atom is -0.467 e. The summed E-state index contributed by atoms with van der Waals surface area (Å²) in [5, 5.41) is 0. The average Bonchev–Trinajstić information content (AvgIpc) is 3.14. The van der Waals surface area contributed by atoms with Gasteiger partial charge in [-0.25, -0.2) is 8.42 Å². The van der Waals surface area contributed by atoms with E-state index < -0.39 is 9.84 Å². The van der Waals surface area contributed by atoms with Crippen molar-refractivity contribution in [3.05, 3.63) is 53.7 Å². The molecule has 1 amide bonds. The summed E-state index contributed by atoms with van der Waals surface area (Å²) < 4.78 is 28.9. The number of rotatable bonds is 4. The Kier molecular flexibility index (Phi) is 4.21. The molecule has 0 radical (unpaired) electrons. The van der Waals surface area contributed by atoms with Crippen molar-refractivity contribution >= 4 is 15.7 Å². The van der Waals surface area contributed by atoms with E-state index in [1.807, 2.05) is 6.92 Å². The number of nitrogens with zero attached hydrogens (tertiary/aromatic N) is 2. The first-order valence-corrected chi connectivity index (χ1v) is 9.23. The van der Waals surface area contributed by atoms with Crippen LogP contribution in [0.25, 0.3) is 0 Å². The van der Waals surface area contributed by atoms with Crippen molar-refractivity contribution in [2.24, 2.45) is 0 Å². The Bertz CT molecular complexity index is 782. The molecule has 2 aromatic rings. The highest BCUT2D eigenvalue weighted by molar-refractivity contribution is 7.91. The predicted molar refractivity (Wildman–Crippen MR) is 84.6 cm³/mol. The summed E-state index contributed by atoms with van der Waals surface area (Å²) in [6.07, 6.45) is 3.52. The fourth-order valence-corrected chi connectivity index (χ4v) is 4.45. The minimum atomic E-state index is -3.08. The number of pyridine rings is 1. The monoisotopic (exact) mass is 334 g/mol. The van der Waals surface area contributed by atoms with E-state index in [2.05, 4.69) is 4.98 Å². The van der Waals surface area contributed by atoms with Gasteiger partial charge in [0.05, 0.1) is 29.9 Å². The Morgan fingerprint density at radius 2 is 2.22 bits per heavy atom. The largest absolute Gasteiger partial charge is 0.467 e. The Morgan fingerprint density at radius 1 is 1.39 bits per heavy atom. The van der Waals surface area contributed by atoms with Crippen LogP contribution in [0.4, 0.5) is 0 Å². The van der Waals surface area contributed by atoms with Gasteiger partial charge in [0.15, 0.2) is 9.84 Å². The van der Waals surface area contributed by atoms with Crippen molar-refractivity contribution in [2.75, 3.05) is 11.5 Å². The van der Waals surface area contributed by atoms with E-state index in [-0.39, 0.29) is 30.0 Å². The standard InChI is InChI=1S/C16H18N2O4S/c1-12-4-5-13(9-17-12)16(19)18(10-15-3-2-7-22-15)14-6-8-23(20,21)11-14/h2-5,7,9,14H,6,8,10-11H2,1H3/t14-/m1/s1. The van der Waals surface area contributed by atoms with E-state index >= 15 is 0 Å². The van der Waals surface area contributed by atoms with Crippen LogP contribution >= 0.6 is 0 Å². The third-order valence-electron chi connectivity index (χ3n) is 3.97. The molecule has 1 fully saturated rings. The van der Waals surface area contributed by atoms with Gasteiger partial charge in [0.25, 0.3) is 5.91 Å². The van der Waals surface area contributed by atoms with Crippen LogP contribution < -0.4 is 0 Å². The van der Waals surface area contributed by atoms with Crippen LogP contribution in [-0.2, 0) is 16.4 Å². The van der Waals surface area contributed by atoms with Crippen LogP contribution in [0.3, 0.4) is 0 Å². The van der Waals surface area contributed by atoms with Gasteiger partial charge in [-0.05, 0) is 37.6 Å². The maximum absolute atomic E-state index is 12.8. The normalized spacial score (nSPS) is 19.6. The zero-order valence-electron chi connectivity index (χ0n) is 12.8. The van der Waals surface area contributed by atoms with Gasteiger partial charge >= 0.3 is 0 Å². The molecule has 0 aromatic carbocycles. The van der Waals surface area contributed by atoms with E-state index in [4.69, 9.17) is 4.42 Å². The van der Waals surface area contributed by atoms with E-state index in [9.17, 15) is 13.2 Å². The van der Waals surface area contributed by atoms with Gasteiger partial charge < -0.3 is 9.32 Å². The number of sulfone groups is 1. The van der Waals surface area contributed by atoms with Crippen molar-refractivity contribution in [2.45, 2.75) is 25.9 Å². The molecule has 0 bridgehead atoms. The molecule has 1 saturated heterocycles. The molecule has 0 spiro atoms. The molecule has 0 unspecified atom stereocenters. The summed E-state index contributed by atoms with van der Waals surface area (Å²) in [4.78, 5) is 18.6. The van der Waals surface area contributed by atoms with Gasteiger partial charge in [0, 0.05) is 17.9 Å². The second-order valence-corrected chi connectivity index (χ2v) is 7.99. The summed E-state index contributed by atoms with van der Waals surface area (Å²) in [6, 6.07) is 6.67. The highest BCUT2D eigenvalue weighted by atomic mass is 32.2. The van der Waals surface area contributed by atoms with Crippen LogP contribution in [0.1, 0.15) is 28.2 Å². The second kappa shape index (κ2) is 6.16. The van der Waals surface area contributed by atoms with Gasteiger partial charge in [-0.2, -0.15) is 0 Å². The molecule has 3 heterocycles. The second-order valence-electron chi connectivity index (χ2n) is 5.76. The number of furan rings is 1. The van der Waals surface area contributed by atoms with E-state index in [0.717, 1.165) is 5.69 Å². The van der Waals surface area contributed by atoms with Crippen molar-refractivity contribution in [1.82, 2.24) is 9.88 Å². The topological polar surface area (TPSA) is 80.5 Å². The number of amides is 1. The van der Waals surface area contributed by atoms with Gasteiger partial charge in [0.1, 0.15) is 5.76 Å². The van der Waals surface area contributed by atoms with Crippen LogP contribution in [0, 0.1) is 6.92 Å². The molecule has 23 heavy (non-hydrogen) atoms. The zero-order chi connectivity index (χ0) is 16.4. The number of aromatic nitrogens is 1. The summed E-state index contributed by atoms with van der Waals surface area (Å²) in [5.74, 6) is 0.517. The summed E-state index contributed by atoms with van der Waals surface area (Å²) in [6.45, 7) is 2.10. The molecule has 3 rings (SSSR count). The maximum atomic E-state index is 12.8. The number of hydrogen-bond donors (Lipinski definition) is 0. The molecule has 7 heteroatoms. The van der Waals surface area contributed by atoms with Crippen LogP contribution in [0.5, 0.6) is 0 Å². The van der Waals surface area contributed by atoms with E-state index in [1.54, 1.807) is 29.2 Å². The molecule has 1 aliphatic rings. The fourth-order valence-electron chi connectivity index (χ4n) is 2.72. The quantitative estimate of drug-likeness (QED) is 0.852. The minimum absolute atomic E-state index is 0.00125. The first kappa shape index (κ1) is 15.7. The van der Waals surface area contributed by atoms with Crippen molar-refractivity contribution < 1.29 is 17.6 Å². The molecule has 2 aromatic heterocycles. The third kappa shape index (κ3) is 3.61. The molecule has 0 saturated carbocycles. The van der Waals surface area contributed by atoms with Crippen molar-refractivity contribution in [3.8, 4) is 0 Å². The fraction of sp³-hybridized carbons (Fsp3) is 0.375. The van der Waals surface area contributed by atoms with Crippen LogP contribution in [-0.4, -0.2) is 41.8 Å². The average molecular weight is 334 g/mol. The van der Waals surface area contributed by atoms with E-state index in [1.165, 1.54) is 12.5 Å². The summed E-state index contributed by atoms with van der Waals surface area (Å²) in [7, 11) is -3.08. The smallest absolute Gasteiger partial charge is 0.256 e. The molecule has 0 aliphatic carbocycles. The lowest BCUT2D eigenvalue weighted by atomic mass is 10.1. The zero-order valence-corrected chi connectivity index (χ0v) is 13.6. The lowest BCUT2D eigenvalue weighted by Gasteiger charge is -2.27. The number of carbonyl (C=O) groups is 1. The molecule has 1 atom stereocenters. The SMILES string of the molecule is Cc1ccc(C(=O)N(Cc2ccco2)[C@@H]2CCS(=O)(=O)C2)cn1. The summed E-state index contributed by atoms with van der Waals surface area (Å²) >= 11 is 0.